The van der Waals surface area contributed by atoms with E-state index < -0.39 is 0 Å². The second-order valence-electron chi connectivity index (χ2n) is 6.32. The van der Waals surface area contributed by atoms with E-state index in [1.165, 1.54) is 12.8 Å². The van der Waals surface area contributed by atoms with Crippen LogP contribution in [0.15, 0.2) is 60.9 Å². The topological polar surface area (TPSA) is 69.0 Å². The van der Waals surface area contributed by atoms with Crippen LogP contribution in [0.1, 0.15) is 42.1 Å². The molecule has 4 rings (SSSR count). The predicted molar refractivity (Wildman–Crippen MR) is 98.4 cm³/mol. The number of pyridine rings is 1. The molecule has 0 bridgehead atoms. The molecule has 1 saturated carbocycles. The van der Waals surface area contributed by atoms with Gasteiger partial charge in [0.25, 0.3) is 5.91 Å². The van der Waals surface area contributed by atoms with Crippen molar-refractivity contribution in [2.24, 2.45) is 0 Å². The van der Waals surface area contributed by atoms with Crippen LogP contribution in [-0.2, 0) is 0 Å². The third-order valence-electron chi connectivity index (χ3n) is 4.56. The lowest BCUT2D eigenvalue weighted by Gasteiger charge is -2.15. The van der Waals surface area contributed by atoms with E-state index in [-0.39, 0.29) is 11.8 Å². The molecule has 0 atom stereocenters. The van der Waals surface area contributed by atoms with Crippen molar-refractivity contribution < 1.29 is 9.53 Å². The predicted octanol–water partition coefficient (Wildman–Crippen LogP) is 4.44. The fourth-order valence-corrected chi connectivity index (χ4v) is 3.28. The number of aromatic nitrogens is 3. The molecule has 0 aliphatic heterocycles. The van der Waals surface area contributed by atoms with E-state index in [4.69, 9.17) is 4.74 Å². The molecule has 6 heteroatoms. The number of carbonyl (C=O) groups is 1. The summed E-state index contributed by atoms with van der Waals surface area (Å²) in [5, 5.41) is 7.34. The molecule has 0 unspecified atom stereocenters. The monoisotopic (exact) mass is 348 g/mol. The molecule has 1 aromatic carbocycles. The molecule has 1 N–H and O–H groups in total. The first-order valence-electron chi connectivity index (χ1n) is 8.84. The van der Waals surface area contributed by atoms with Crippen molar-refractivity contribution >= 4 is 11.7 Å². The Morgan fingerprint density at radius 1 is 1.04 bits per heavy atom. The van der Waals surface area contributed by atoms with Crippen LogP contribution in [0.3, 0.4) is 0 Å². The third kappa shape index (κ3) is 3.44. The molecular formula is C20H20N4O2. The van der Waals surface area contributed by atoms with E-state index >= 15 is 0 Å². The van der Waals surface area contributed by atoms with Crippen LogP contribution in [0.4, 0.5) is 5.82 Å². The standard InChI is InChI=1S/C20H20N4O2/c25-19(23-18-12-14-22-24(18)15-7-4-5-8-15)17-11-6-13-21-20(17)26-16-9-2-1-3-10-16/h1-3,6,9-15H,4-5,7-8H2,(H,23,25). The van der Waals surface area contributed by atoms with Gasteiger partial charge in [-0.1, -0.05) is 31.0 Å². The lowest BCUT2D eigenvalue weighted by atomic mass is 10.2. The van der Waals surface area contributed by atoms with E-state index in [1.54, 1.807) is 24.5 Å². The zero-order valence-corrected chi connectivity index (χ0v) is 14.3. The van der Waals surface area contributed by atoms with Gasteiger partial charge in [0, 0.05) is 12.3 Å². The van der Waals surface area contributed by atoms with Crippen LogP contribution >= 0.6 is 0 Å². The van der Waals surface area contributed by atoms with Crippen molar-refractivity contribution in [1.29, 1.82) is 0 Å². The van der Waals surface area contributed by atoms with E-state index in [9.17, 15) is 4.79 Å². The molecule has 1 amide bonds. The van der Waals surface area contributed by atoms with Crippen LogP contribution in [0.5, 0.6) is 11.6 Å². The highest BCUT2D eigenvalue weighted by atomic mass is 16.5. The Balaban J connectivity index is 1.55. The Morgan fingerprint density at radius 2 is 1.85 bits per heavy atom. The quantitative estimate of drug-likeness (QED) is 0.740. The molecule has 132 valence electrons. The van der Waals surface area contributed by atoms with Gasteiger partial charge in [0.1, 0.15) is 17.1 Å². The second kappa shape index (κ2) is 7.39. The van der Waals surface area contributed by atoms with E-state index in [1.807, 2.05) is 41.1 Å². The van der Waals surface area contributed by atoms with Gasteiger partial charge in [0.15, 0.2) is 0 Å². The minimum atomic E-state index is -0.260. The van der Waals surface area contributed by atoms with Crippen LogP contribution < -0.4 is 10.1 Å². The zero-order chi connectivity index (χ0) is 17.8. The molecule has 6 nitrogen and oxygen atoms in total. The van der Waals surface area contributed by atoms with Gasteiger partial charge in [0.2, 0.25) is 5.88 Å². The summed E-state index contributed by atoms with van der Waals surface area (Å²) in [7, 11) is 0. The number of nitrogens with one attached hydrogen (secondary N) is 1. The first-order valence-corrected chi connectivity index (χ1v) is 8.84. The summed E-state index contributed by atoms with van der Waals surface area (Å²) in [6.45, 7) is 0. The SMILES string of the molecule is O=C(Nc1ccnn1C1CCCC1)c1cccnc1Oc1ccccc1. The fraction of sp³-hybridized carbons (Fsp3) is 0.250. The van der Waals surface area contributed by atoms with Crippen molar-refractivity contribution in [3.05, 3.63) is 66.5 Å². The highest BCUT2D eigenvalue weighted by molar-refractivity contribution is 6.05. The van der Waals surface area contributed by atoms with Gasteiger partial charge >= 0.3 is 0 Å². The Morgan fingerprint density at radius 3 is 2.65 bits per heavy atom. The number of amides is 1. The summed E-state index contributed by atoms with van der Waals surface area (Å²) in [6.07, 6.45) is 7.93. The maximum Gasteiger partial charge on any atom is 0.262 e. The summed E-state index contributed by atoms with van der Waals surface area (Å²) in [5.74, 6) is 1.36. The number of carbonyl (C=O) groups excluding carboxylic acids is 1. The fourth-order valence-electron chi connectivity index (χ4n) is 3.28. The lowest BCUT2D eigenvalue weighted by Crippen LogP contribution is -2.18. The minimum absolute atomic E-state index is 0.260. The number of benzene rings is 1. The Bertz CT molecular complexity index is 886. The highest BCUT2D eigenvalue weighted by Gasteiger charge is 2.22. The van der Waals surface area contributed by atoms with Gasteiger partial charge in [-0.15, -0.1) is 0 Å². The van der Waals surface area contributed by atoms with Crippen molar-refractivity contribution in [2.45, 2.75) is 31.7 Å². The molecular weight excluding hydrogens is 328 g/mol. The van der Waals surface area contributed by atoms with E-state index in [0.29, 0.717) is 23.2 Å². The smallest absolute Gasteiger partial charge is 0.262 e. The van der Waals surface area contributed by atoms with Crippen molar-refractivity contribution in [3.63, 3.8) is 0 Å². The normalized spacial score (nSPS) is 14.3. The van der Waals surface area contributed by atoms with Crippen molar-refractivity contribution in [2.75, 3.05) is 5.32 Å². The maximum atomic E-state index is 12.8. The number of nitrogens with zero attached hydrogens (tertiary/aromatic N) is 3. The molecule has 0 spiro atoms. The van der Waals surface area contributed by atoms with E-state index in [0.717, 1.165) is 12.8 Å². The molecule has 2 heterocycles. The highest BCUT2D eigenvalue weighted by Crippen LogP contribution is 2.31. The summed E-state index contributed by atoms with van der Waals surface area (Å²) in [5.41, 5.74) is 0.385. The Kier molecular flexibility index (Phi) is 4.64. The Labute approximate surface area is 151 Å². The average Bonchev–Trinajstić information content (AvgIpc) is 3.34. The molecule has 0 saturated heterocycles. The summed E-state index contributed by atoms with van der Waals surface area (Å²) in [6, 6.07) is 14.9. The summed E-state index contributed by atoms with van der Waals surface area (Å²) in [4.78, 5) is 17.0. The average molecular weight is 348 g/mol. The summed E-state index contributed by atoms with van der Waals surface area (Å²) < 4.78 is 7.70. The van der Waals surface area contributed by atoms with E-state index in [2.05, 4.69) is 15.4 Å². The van der Waals surface area contributed by atoms with Gasteiger partial charge in [-0.3, -0.25) is 4.79 Å². The van der Waals surface area contributed by atoms with Gasteiger partial charge in [-0.25, -0.2) is 9.67 Å². The molecule has 1 fully saturated rings. The first-order chi connectivity index (χ1) is 12.8. The first kappa shape index (κ1) is 16.3. The molecule has 3 aromatic rings. The van der Waals surface area contributed by atoms with Crippen LogP contribution in [0, 0.1) is 0 Å². The number of anilines is 1. The lowest BCUT2D eigenvalue weighted by molar-refractivity contribution is 0.102. The Hall–Kier alpha value is -3.15. The van der Waals surface area contributed by atoms with Crippen LogP contribution in [0.2, 0.25) is 0 Å². The van der Waals surface area contributed by atoms with Crippen LogP contribution in [-0.4, -0.2) is 20.7 Å². The van der Waals surface area contributed by atoms with Crippen molar-refractivity contribution in [3.8, 4) is 11.6 Å². The molecule has 1 aliphatic carbocycles. The molecule has 0 radical (unpaired) electrons. The maximum absolute atomic E-state index is 12.8. The number of rotatable bonds is 5. The number of para-hydroxylation sites is 1. The minimum Gasteiger partial charge on any atom is -0.438 e. The zero-order valence-electron chi connectivity index (χ0n) is 14.3. The third-order valence-corrected chi connectivity index (χ3v) is 4.56. The molecule has 26 heavy (non-hydrogen) atoms. The molecule has 2 aromatic heterocycles. The van der Waals surface area contributed by atoms with Gasteiger partial charge in [-0.2, -0.15) is 5.10 Å². The van der Waals surface area contributed by atoms with Gasteiger partial charge in [0.05, 0.1) is 12.2 Å². The van der Waals surface area contributed by atoms with Crippen LogP contribution in [0.25, 0.3) is 0 Å². The number of hydrogen-bond donors (Lipinski definition) is 1. The second-order valence-corrected chi connectivity index (χ2v) is 6.32. The van der Waals surface area contributed by atoms with Gasteiger partial charge in [-0.05, 0) is 37.1 Å². The van der Waals surface area contributed by atoms with Crippen molar-refractivity contribution in [1.82, 2.24) is 14.8 Å². The number of ether oxygens (including phenoxy) is 1. The number of hydrogen-bond acceptors (Lipinski definition) is 4. The largest absolute Gasteiger partial charge is 0.438 e. The summed E-state index contributed by atoms with van der Waals surface area (Å²) >= 11 is 0. The molecule has 1 aliphatic rings. The van der Waals surface area contributed by atoms with Gasteiger partial charge < -0.3 is 10.1 Å².